The molecular weight excluding hydrogens is 444 g/mol. The van der Waals surface area contributed by atoms with Crippen LogP contribution in [0.5, 0.6) is 0 Å². The van der Waals surface area contributed by atoms with E-state index in [1.165, 1.54) is 0 Å². The quantitative estimate of drug-likeness (QED) is 0.512. The number of ether oxygens (including phenoxy) is 1. The third-order valence-corrected chi connectivity index (χ3v) is 6.76. The highest BCUT2D eigenvalue weighted by molar-refractivity contribution is 6.03. The molecule has 2 heterocycles. The summed E-state index contributed by atoms with van der Waals surface area (Å²) in [5.74, 6) is -0.715. The monoisotopic (exact) mass is 472 g/mol. The van der Waals surface area contributed by atoms with Gasteiger partial charge in [0.15, 0.2) is 0 Å². The van der Waals surface area contributed by atoms with Crippen LogP contribution in [0.3, 0.4) is 0 Å². The Morgan fingerprint density at radius 3 is 2.60 bits per heavy atom. The van der Waals surface area contributed by atoms with E-state index in [2.05, 4.69) is 16.0 Å². The minimum absolute atomic E-state index is 0.0760. The lowest BCUT2D eigenvalue weighted by Crippen LogP contribution is -2.44. The molecule has 5 rings (SSSR count). The molecule has 2 aliphatic heterocycles. The summed E-state index contributed by atoms with van der Waals surface area (Å²) in [6.07, 6.45) is 0.125. The maximum absolute atomic E-state index is 13.3. The molecular formula is C27H28N4O4. The van der Waals surface area contributed by atoms with E-state index in [1.54, 1.807) is 4.90 Å². The average molecular weight is 473 g/mol. The van der Waals surface area contributed by atoms with Crippen molar-refractivity contribution in [3.63, 3.8) is 0 Å². The number of alkyl carbamates (subject to hydrolysis) is 1. The van der Waals surface area contributed by atoms with Gasteiger partial charge in [0.1, 0.15) is 13.2 Å². The van der Waals surface area contributed by atoms with Crippen molar-refractivity contribution >= 4 is 34.4 Å². The van der Waals surface area contributed by atoms with Crippen LogP contribution in [0.1, 0.15) is 12.0 Å². The van der Waals surface area contributed by atoms with E-state index in [0.717, 1.165) is 35.0 Å². The molecule has 8 heteroatoms. The molecule has 3 N–H and O–H groups in total. The summed E-state index contributed by atoms with van der Waals surface area (Å²) >= 11 is 0. The van der Waals surface area contributed by atoms with E-state index in [0.29, 0.717) is 6.54 Å². The van der Waals surface area contributed by atoms with Gasteiger partial charge in [-0.2, -0.15) is 0 Å². The molecule has 2 fully saturated rings. The molecule has 35 heavy (non-hydrogen) atoms. The van der Waals surface area contributed by atoms with Crippen molar-refractivity contribution in [1.29, 1.82) is 0 Å². The van der Waals surface area contributed by atoms with E-state index in [4.69, 9.17) is 4.74 Å². The molecule has 180 valence electrons. The zero-order valence-corrected chi connectivity index (χ0v) is 19.3. The Balaban J connectivity index is 1.19. The number of amides is 3. The Labute approximate surface area is 203 Å². The summed E-state index contributed by atoms with van der Waals surface area (Å²) in [7, 11) is 0. The predicted octanol–water partition coefficient (Wildman–Crippen LogP) is 2.89. The molecule has 0 saturated carbocycles. The molecule has 0 spiro atoms. The molecule has 3 unspecified atom stereocenters. The van der Waals surface area contributed by atoms with Crippen LogP contribution in [0.15, 0.2) is 72.8 Å². The first kappa shape index (κ1) is 22.9. The van der Waals surface area contributed by atoms with E-state index < -0.39 is 6.09 Å². The Morgan fingerprint density at radius 1 is 0.971 bits per heavy atom. The van der Waals surface area contributed by atoms with Crippen LogP contribution in [-0.2, 0) is 20.9 Å². The average Bonchev–Trinajstić information content (AvgIpc) is 3.50. The minimum Gasteiger partial charge on any atom is -0.445 e. The second-order valence-corrected chi connectivity index (χ2v) is 8.92. The van der Waals surface area contributed by atoms with Gasteiger partial charge in [-0.3, -0.25) is 9.59 Å². The van der Waals surface area contributed by atoms with Gasteiger partial charge in [0.05, 0.1) is 5.92 Å². The van der Waals surface area contributed by atoms with Crippen LogP contribution >= 0.6 is 0 Å². The highest BCUT2D eigenvalue weighted by Crippen LogP contribution is 2.31. The summed E-state index contributed by atoms with van der Waals surface area (Å²) in [6.45, 7) is 1.01. The summed E-state index contributed by atoms with van der Waals surface area (Å²) in [5.41, 5.74) is 1.63. The molecule has 3 amide bonds. The van der Waals surface area contributed by atoms with E-state index in [9.17, 15) is 14.4 Å². The molecule has 3 aromatic rings. The minimum atomic E-state index is -0.646. The fraction of sp³-hybridized carbons (Fsp3) is 0.296. The highest BCUT2D eigenvalue weighted by atomic mass is 16.5. The number of nitrogens with one attached hydrogen (secondary N) is 3. The summed E-state index contributed by atoms with van der Waals surface area (Å²) in [5, 5.41) is 11.0. The molecule has 8 nitrogen and oxygen atoms in total. The number of carbonyl (C=O) groups is 3. The zero-order chi connectivity index (χ0) is 24.2. The van der Waals surface area contributed by atoms with Crippen LogP contribution in [0.4, 0.5) is 10.5 Å². The largest absolute Gasteiger partial charge is 0.445 e. The van der Waals surface area contributed by atoms with Gasteiger partial charge in [-0.05, 0) is 30.0 Å². The van der Waals surface area contributed by atoms with Crippen molar-refractivity contribution < 1.29 is 19.1 Å². The van der Waals surface area contributed by atoms with E-state index in [-0.39, 0.29) is 43.0 Å². The third-order valence-electron chi connectivity index (χ3n) is 6.76. The first-order valence-corrected chi connectivity index (χ1v) is 11.9. The number of hydrogen-bond donors (Lipinski definition) is 3. The highest BCUT2D eigenvalue weighted by Gasteiger charge is 2.49. The number of benzene rings is 3. The van der Waals surface area contributed by atoms with Crippen molar-refractivity contribution in [2.75, 3.05) is 25.0 Å². The fourth-order valence-electron chi connectivity index (χ4n) is 5.05. The van der Waals surface area contributed by atoms with Gasteiger partial charge < -0.3 is 25.6 Å². The van der Waals surface area contributed by atoms with Gasteiger partial charge in [0.25, 0.3) is 0 Å². The Bertz CT molecular complexity index is 1230. The molecule has 3 atom stereocenters. The van der Waals surface area contributed by atoms with Crippen molar-refractivity contribution in [2.24, 2.45) is 5.92 Å². The number of fused-ring (bicyclic) bond motifs is 2. The molecule has 2 saturated heterocycles. The van der Waals surface area contributed by atoms with E-state index >= 15 is 0 Å². The summed E-state index contributed by atoms with van der Waals surface area (Å²) in [6, 6.07) is 22.9. The number of anilines is 1. The Kier molecular flexibility index (Phi) is 6.63. The first-order valence-electron chi connectivity index (χ1n) is 11.9. The summed E-state index contributed by atoms with van der Waals surface area (Å²) < 4.78 is 5.19. The maximum Gasteiger partial charge on any atom is 0.407 e. The van der Waals surface area contributed by atoms with Crippen LogP contribution in [0.25, 0.3) is 10.8 Å². The van der Waals surface area contributed by atoms with Gasteiger partial charge in [-0.15, -0.1) is 0 Å². The first-order chi connectivity index (χ1) is 17.1. The second kappa shape index (κ2) is 10.1. The smallest absolute Gasteiger partial charge is 0.407 e. The van der Waals surface area contributed by atoms with Crippen LogP contribution in [0, 0.1) is 5.92 Å². The van der Waals surface area contributed by atoms with Crippen molar-refractivity contribution in [3.05, 3.63) is 78.4 Å². The standard InChI is InChI=1S/C27H28N4O4/c32-24(15-29-27(34)35-17-18-7-2-1-3-8-18)31-16-21(25-23(31)13-14-28-25)26(33)30-22-12-6-10-19-9-4-5-11-20(19)22/h1-12,21,23,25,28H,13-17H2,(H,29,34)(H,30,33). The number of carbonyl (C=O) groups excluding carboxylic acids is 3. The number of hydrogen-bond acceptors (Lipinski definition) is 5. The lowest BCUT2D eigenvalue weighted by Gasteiger charge is -2.23. The van der Waals surface area contributed by atoms with Crippen LogP contribution < -0.4 is 16.0 Å². The Hall–Kier alpha value is -3.91. The lowest BCUT2D eigenvalue weighted by molar-refractivity contribution is -0.131. The normalized spacial score (nSPS) is 20.9. The van der Waals surface area contributed by atoms with E-state index in [1.807, 2.05) is 72.8 Å². The fourth-order valence-corrected chi connectivity index (χ4v) is 5.05. The zero-order valence-electron chi connectivity index (χ0n) is 19.3. The molecule has 0 aromatic heterocycles. The van der Waals surface area contributed by atoms with Crippen LogP contribution in [-0.4, -0.2) is 54.5 Å². The molecule has 2 aliphatic rings. The molecule has 0 aliphatic carbocycles. The van der Waals surface area contributed by atoms with Crippen molar-refractivity contribution in [2.45, 2.75) is 25.1 Å². The number of nitrogens with zero attached hydrogens (tertiary/aromatic N) is 1. The van der Waals surface area contributed by atoms with Crippen molar-refractivity contribution in [1.82, 2.24) is 15.5 Å². The number of rotatable bonds is 6. The third kappa shape index (κ3) is 4.97. The number of likely N-dealkylation sites (tertiary alicyclic amines) is 1. The molecule has 3 aromatic carbocycles. The van der Waals surface area contributed by atoms with Gasteiger partial charge in [0.2, 0.25) is 11.8 Å². The van der Waals surface area contributed by atoms with Crippen LogP contribution in [0.2, 0.25) is 0 Å². The molecule has 0 radical (unpaired) electrons. The van der Waals surface area contributed by atoms with Gasteiger partial charge in [-0.1, -0.05) is 66.7 Å². The topological polar surface area (TPSA) is 99.8 Å². The lowest BCUT2D eigenvalue weighted by atomic mass is 9.99. The predicted molar refractivity (Wildman–Crippen MR) is 133 cm³/mol. The molecule has 0 bridgehead atoms. The Morgan fingerprint density at radius 2 is 1.74 bits per heavy atom. The van der Waals surface area contributed by atoms with Crippen molar-refractivity contribution in [3.8, 4) is 0 Å². The SMILES string of the molecule is O=C(NCC(=O)N1CC(C(=O)Nc2cccc3ccccc23)C2NCCC21)OCc1ccccc1. The van der Waals surface area contributed by atoms with Gasteiger partial charge in [0, 0.05) is 29.7 Å². The van der Waals surface area contributed by atoms with Gasteiger partial charge in [-0.25, -0.2) is 4.79 Å². The summed E-state index contributed by atoms with van der Waals surface area (Å²) in [4.78, 5) is 40.0. The van der Waals surface area contributed by atoms with Gasteiger partial charge >= 0.3 is 6.09 Å². The second-order valence-electron chi connectivity index (χ2n) is 8.92. The maximum atomic E-state index is 13.3.